The molecule has 0 amide bonds. The van der Waals surface area contributed by atoms with E-state index in [4.69, 9.17) is 11.6 Å². The van der Waals surface area contributed by atoms with Crippen molar-refractivity contribution in [1.29, 1.82) is 0 Å². The van der Waals surface area contributed by atoms with Gasteiger partial charge in [0, 0.05) is 16.0 Å². The van der Waals surface area contributed by atoms with Crippen LogP contribution in [-0.4, -0.2) is 18.3 Å². The summed E-state index contributed by atoms with van der Waals surface area (Å²) < 4.78 is 0. The zero-order valence-corrected chi connectivity index (χ0v) is 15.7. The highest BCUT2D eigenvalue weighted by Crippen LogP contribution is 2.33. The Kier molecular flexibility index (Phi) is 7.07. The molecule has 0 radical (unpaired) electrons. The number of hydrogen-bond acceptors (Lipinski definition) is 2. The first-order chi connectivity index (χ1) is 11.8. The summed E-state index contributed by atoms with van der Waals surface area (Å²) >= 11 is 8.14. The zero-order valence-electron chi connectivity index (χ0n) is 14.1. The summed E-state index contributed by atoms with van der Waals surface area (Å²) in [6, 6.07) is 17.6. The highest BCUT2D eigenvalue weighted by atomic mass is 35.5. The van der Waals surface area contributed by atoms with E-state index in [0.717, 1.165) is 23.4 Å². The third-order valence-corrected chi connectivity index (χ3v) is 6.02. The van der Waals surface area contributed by atoms with Gasteiger partial charge < -0.3 is 5.32 Å². The minimum absolute atomic E-state index is 0.759. The lowest BCUT2D eigenvalue weighted by Crippen LogP contribution is -2.31. The van der Waals surface area contributed by atoms with Crippen molar-refractivity contribution in [3.05, 3.63) is 53.6 Å². The number of nitrogens with one attached hydrogen (secondary N) is 1. The minimum Gasteiger partial charge on any atom is -0.314 e. The van der Waals surface area contributed by atoms with Gasteiger partial charge in [-0.2, -0.15) is 0 Å². The van der Waals surface area contributed by atoms with Crippen LogP contribution in [-0.2, 0) is 0 Å². The van der Waals surface area contributed by atoms with Crippen LogP contribution in [0.15, 0.2) is 53.4 Å². The van der Waals surface area contributed by atoms with Crippen molar-refractivity contribution in [1.82, 2.24) is 5.32 Å². The van der Waals surface area contributed by atoms with Crippen molar-refractivity contribution in [2.75, 3.05) is 12.3 Å². The summed E-state index contributed by atoms with van der Waals surface area (Å²) in [5.74, 6) is 1.12. The Balaban J connectivity index is 1.52. The Morgan fingerprint density at radius 2 is 1.79 bits per heavy atom. The number of benzene rings is 2. The molecule has 0 bridgehead atoms. The van der Waals surface area contributed by atoms with Crippen molar-refractivity contribution >= 4 is 23.4 Å². The molecule has 0 aromatic heterocycles. The number of rotatable bonds is 7. The van der Waals surface area contributed by atoms with Gasteiger partial charge in [-0.05, 0) is 54.8 Å². The summed E-state index contributed by atoms with van der Waals surface area (Å²) in [6.07, 6.45) is 8.14. The third kappa shape index (κ3) is 5.27. The van der Waals surface area contributed by atoms with E-state index in [-0.39, 0.29) is 0 Å². The molecule has 0 aliphatic heterocycles. The fraction of sp³-hybridized carbons (Fsp3) is 0.429. The first-order valence-electron chi connectivity index (χ1n) is 9.04. The van der Waals surface area contributed by atoms with Crippen molar-refractivity contribution in [3.8, 4) is 11.1 Å². The monoisotopic (exact) mass is 359 g/mol. The van der Waals surface area contributed by atoms with E-state index >= 15 is 0 Å². The third-order valence-electron chi connectivity index (χ3n) is 4.65. The van der Waals surface area contributed by atoms with Crippen molar-refractivity contribution in [3.63, 3.8) is 0 Å². The maximum absolute atomic E-state index is 6.22. The largest absolute Gasteiger partial charge is 0.314 e. The van der Waals surface area contributed by atoms with Crippen molar-refractivity contribution in [2.24, 2.45) is 0 Å². The Morgan fingerprint density at radius 3 is 2.58 bits per heavy atom. The molecule has 0 saturated heterocycles. The molecular formula is C21H26ClNS. The maximum Gasteiger partial charge on any atom is 0.0417 e. The summed E-state index contributed by atoms with van der Waals surface area (Å²) in [4.78, 5) is 1.28. The second-order valence-electron chi connectivity index (χ2n) is 6.50. The summed E-state index contributed by atoms with van der Waals surface area (Å²) in [6.45, 7) is 1.12. The molecule has 3 heteroatoms. The van der Waals surface area contributed by atoms with Gasteiger partial charge in [0.1, 0.15) is 0 Å². The smallest absolute Gasteiger partial charge is 0.0417 e. The molecule has 1 nitrogen and oxygen atoms in total. The predicted molar refractivity (Wildman–Crippen MR) is 107 cm³/mol. The van der Waals surface area contributed by atoms with Gasteiger partial charge in [0.05, 0.1) is 0 Å². The lowest BCUT2D eigenvalue weighted by molar-refractivity contribution is 0.375. The van der Waals surface area contributed by atoms with Gasteiger partial charge >= 0.3 is 0 Å². The molecule has 3 rings (SSSR count). The van der Waals surface area contributed by atoms with Gasteiger partial charge in [-0.1, -0.05) is 67.3 Å². The van der Waals surface area contributed by atoms with Crippen LogP contribution in [0.25, 0.3) is 11.1 Å². The molecule has 1 aliphatic carbocycles. The lowest BCUT2D eigenvalue weighted by Gasteiger charge is -2.22. The molecule has 2 aromatic rings. The van der Waals surface area contributed by atoms with Crippen LogP contribution in [0, 0.1) is 0 Å². The molecule has 1 aliphatic rings. The van der Waals surface area contributed by atoms with Crippen LogP contribution in [0.4, 0.5) is 0 Å². The highest BCUT2D eigenvalue weighted by molar-refractivity contribution is 7.99. The van der Waals surface area contributed by atoms with E-state index < -0.39 is 0 Å². The summed E-state index contributed by atoms with van der Waals surface area (Å²) in [7, 11) is 0. The van der Waals surface area contributed by atoms with Gasteiger partial charge in [0.15, 0.2) is 0 Å². The van der Waals surface area contributed by atoms with Crippen molar-refractivity contribution < 1.29 is 0 Å². The fourth-order valence-corrected chi connectivity index (χ4v) is 4.64. The Bertz CT molecular complexity index is 623. The zero-order chi connectivity index (χ0) is 16.6. The van der Waals surface area contributed by atoms with Crippen molar-refractivity contribution in [2.45, 2.75) is 49.5 Å². The number of thioether (sulfide) groups is 1. The normalized spacial score (nSPS) is 15.5. The number of halogens is 1. The molecule has 0 unspecified atom stereocenters. The molecule has 1 fully saturated rings. The van der Waals surface area contributed by atoms with E-state index in [1.807, 2.05) is 17.8 Å². The highest BCUT2D eigenvalue weighted by Gasteiger charge is 2.12. The van der Waals surface area contributed by atoms with Gasteiger partial charge in [-0.3, -0.25) is 0 Å². The van der Waals surface area contributed by atoms with Crippen LogP contribution in [0.1, 0.15) is 38.5 Å². The average Bonchev–Trinajstić information content (AvgIpc) is 2.63. The van der Waals surface area contributed by atoms with Crippen LogP contribution in [0.3, 0.4) is 0 Å². The Labute approximate surface area is 155 Å². The van der Waals surface area contributed by atoms with E-state index in [0.29, 0.717) is 0 Å². The number of hydrogen-bond donors (Lipinski definition) is 1. The Hall–Kier alpha value is -0.960. The molecule has 1 N–H and O–H groups in total. The SMILES string of the molecule is Clc1ccc(-c2ccccc2)c(SCCCNC2CCCCC2)c1. The molecule has 2 aromatic carbocycles. The summed E-state index contributed by atoms with van der Waals surface area (Å²) in [5.41, 5.74) is 2.54. The second kappa shape index (κ2) is 9.50. The predicted octanol–water partition coefficient (Wildman–Crippen LogP) is 6.41. The quantitative estimate of drug-likeness (QED) is 0.452. The fourth-order valence-electron chi connectivity index (χ4n) is 3.34. The molecular weight excluding hydrogens is 334 g/mol. The molecule has 0 atom stereocenters. The van der Waals surface area contributed by atoms with Gasteiger partial charge in [-0.15, -0.1) is 11.8 Å². The topological polar surface area (TPSA) is 12.0 Å². The molecule has 24 heavy (non-hydrogen) atoms. The maximum atomic E-state index is 6.22. The van der Waals surface area contributed by atoms with Crippen LogP contribution in [0.2, 0.25) is 5.02 Å². The molecule has 1 saturated carbocycles. The average molecular weight is 360 g/mol. The standard InChI is InChI=1S/C21H26ClNS/c22-18-12-13-20(17-8-3-1-4-9-17)21(16-18)24-15-7-14-23-19-10-5-2-6-11-19/h1,3-4,8-9,12-13,16,19,23H,2,5-7,10-11,14-15H2. The van der Waals surface area contributed by atoms with Crippen LogP contribution >= 0.6 is 23.4 Å². The van der Waals surface area contributed by atoms with E-state index in [9.17, 15) is 0 Å². The molecule has 128 valence electrons. The first kappa shape index (κ1) is 17.8. The van der Waals surface area contributed by atoms with Gasteiger partial charge in [0.2, 0.25) is 0 Å². The van der Waals surface area contributed by atoms with E-state index in [1.54, 1.807) is 0 Å². The first-order valence-corrected chi connectivity index (χ1v) is 10.4. The van der Waals surface area contributed by atoms with Gasteiger partial charge in [-0.25, -0.2) is 0 Å². The van der Waals surface area contributed by atoms with E-state index in [2.05, 4.69) is 47.8 Å². The molecule has 0 heterocycles. The lowest BCUT2D eigenvalue weighted by atomic mass is 9.95. The van der Waals surface area contributed by atoms with Gasteiger partial charge in [0.25, 0.3) is 0 Å². The van der Waals surface area contributed by atoms with Crippen LogP contribution in [0.5, 0.6) is 0 Å². The Morgan fingerprint density at radius 1 is 1.00 bits per heavy atom. The molecule has 0 spiro atoms. The minimum atomic E-state index is 0.759. The van der Waals surface area contributed by atoms with Crippen LogP contribution < -0.4 is 5.32 Å². The summed E-state index contributed by atoms with van der Waals surface area (Å²) in [5, 5.41) is 4.54. The second-order valence-corrected chi connectivity index (χ2v) is 8.07. The van der Waals surface area contributed by atoms with E-state index in [1.165, 1.54) is 54.5 Å².